The summed E-state index contributed by atoms with van der Waals surface area (Å²) >= 11 is 0. The van der Waals surface area contributed by atoms with Gasteiger partial charge in [0.15, 0.2) is 17.7 Å². The number of ether oxygens (including phenoxy) is 3. The molecule has 5 heterocycles. The normalized spacial score (nSPS) is 33.8. The molecule has 11 atom stereocenters. The highest BCUT2D eigenvalue weighted by Crippen LogP contribution is 2.60. The van der Waals surface area contributed by atoms with Gasteiger partial charge in [0.2, 0.25) is 12.0 Å². The highest BCUT2D eigenvalue weighted by atomic mass is 19.4. The molecule has 16 heteroatoms. The predicted molar refractivity (Wildman–Crippen MR) is 223 cm³/mol. The molecule has 0 aromatic heterocycles. The van der Waals surface area contributed by atoms with E-state index in [0.717, 1.165) is 24.8 Å². The third-order valence-corrected chi connectivity index (χ3v) is 14.6. The van der Waals surface area contributed by atoms with E-state index in [1.54, 1.807) is 18.2 Å². The van der Waals surface area contributed by atoms with Crippen molar-refractivity contribution in [2.45, 2.75) is 115 Å². The van der Waals surface area contributed by atoms with Gasteiger partial charge in [-0.2, -0.15) is 26.3 Å². The van der Waals surface area contributed by atoms with Crippen LogP contribution >= 0.6 is 0 Å². The number of hydrogen-bond donors (Lipinski definition) is 3. The average molecular weight is 899 g/mol. The van der Waals surface area contributed by atoms with Crippen LogP contribution in [0.1, 0.15) is 77.7 Å². The number of nitrogens with zero attached hydrogens (tertiary/aromatic N) is 2. The summed E-state index contributed by atoms with van der Waals surface area (Å²) in [5.41, 5.74) is 0.225. The molecule has 2 saturated carbocycles. The molecule has 352 valence electrons. The van der Waals surface area contributed by atoms with E-state index in [9.17, 15) is 18.3 Å². The Morgan fingerprint density at radius 2 is 1.56 bits per heavy atom. The van der Waals surface area contributed by atoms with Crippen LogP contribution in [0.25, 0.3) is 0 Å². The average Bonchev–Trinajstić information content (AvgIpc) is 3.65. The summed E-state index contributed by atoms with van der Waals surface area (Å²) in [5, 5.41) is 23.1. The van der Waals surface area contributed by atoms with Crippen LogP contribution < -0.4 is 0 Å². The van der Waals surface area contributed by atoms with E-state index in [4.69, 9.17) is 34.5 Å². The lowest BCUT2D eigenvalue weighted by molar-refractivity contribution is -0.528. The van der Waals surface area contributed by atoms with Crippen LogP contribution in [0.3, 0.4) is 0 Å². The molecule has 8 rings (SSSR count). The fourth-order valence-corrected chi connectivity index (χ4v) is 11.5. The van der Waals surface area contributed by atoms with Gasteiger partial charge in [0.25, 0.3) is 0 Å². The molecule has 6 fully saturated rings. The maximum atomic E-state index is 15.2. The van der Waals surface area contributed by atoms with Crippen LogP contribution in [0.5, 0.6) is 0 Å². The highest BCUT2D eigenvalue weighted by Gasteiger charge is 2.68. The van der Waals surface area contributed by atoms with E-state index in [-0.39, 0.29) is 80.2 Å². The molecule has 1 spiro atoms. The van der Waals surface area contributed by atoms with Gasteiger partial charge in [0.05, 0.1) is 12.7 Å². The van der Waals surface area contributed by atoms with Crippen molar-refractivity contribution < 1.29 is 65.9 Å². The number of aliphatic hydroxyl groups is 1. The summed E-state index contributed by atoms with van der Waals surface area (Å²) in [4.78, 5) is 15.6. The SMILES string of the molecule is C=C/C=C(\C=C)CN(CCN(CC1=C(C(F)(F)F)O[C@@H]2O[C@H]3CCC4[C@H](C)CC[C@@H]1[C@]42OO3)Cc1ccccc1)C/C(=C(/O)C(F)(F)F)[C@@H]1CC[C@@H](C)C2CC[C@H](C)OCC21.OO. The van der Waals surface area contributed by atoms with Crippen molar-refractivity contribution in [2.75, 3.05) is 39.3 Å². The second-order valence-corrected chi connectivity index (χ2v) is 18.4. The molecular weight excluding hydrogens is 835 g/mol. The van der Waals surface area contributed by atoms with Gasteiger partial charge >= 0.3 is 12.4 Å². The maximum Gasteiger partial charge on any atom is 0.449 e. The molecule has 0 radical (unpaired) electrons. The Labute approximate surface area is 366 Å². The van der Waals surface area contributed by atoms with E-state index < -0.39 is 53.9 Å². The van der Waals surface area contributed by atoms with Crippen molar-refractivity contribution in [2.24, 2.45) is 41.4 Å². The van der Waals surface area contributed by atoms with Gasteiger partial charge in [-0.25, -0.2) is 9.78 Å². The molecule has 1 aromatic rings. The molecule has 3 unspecified atom stereocenters. The van der Waals surface area contributed by atoms with Gasteiger partial charge in [-0.05, 0) is 104 Å². The van der Waals surface area contributed by atoms with E-state index in [1.807, 2.05) is 47.1 Å². The molecular formula is C47H64F6N2O8. The van der Waals surface area contributed by atoms with Crippen molar-refractivity contribution in [3.05, 3.63) is 95.5 Å². The van der Waals surface area contributed by atoms with Crippen molar-refractivity contribution in [1.82, 2.24) is 9.80 Å². The highest BCUT2D eigenvalue weighted by molar-refractivity contribution is 5.30. The lowest BCUT2D eigenvalue weighted by Gasteiger charge is -2.56. The number of rotatable bonds is 14. The molecule has 5 aliphatic heterocycles. The zero-order valence-corrected chi connectivity index (χ0v) is 36.5. The van der Waals surface area contributed by atoms with Gasteiger partial charge in [0, 0.05) is 57.5 Å². The smallest absolute Gasteiger partial charge is 0.449 e. The van der Waals surface area contributed by atoms with E-state index in [1.165, 1.54) is 0 Å². The largest absolute Gasteiger partial charge is 0.504 e. The summed E-state index contributed by atoms with van der Waals surface area (Å²) in [7, 11) is 0. The molecule has 7 aliphatic rings. The number of allylic oxidation sites excluding steroid dienone is 4. The molecule has 2 aliphatic carbocycles. The topological polar surface area (TPSA) is 113 Å². The van der Waals surface area contributed by atoms with Crippen LogP contribution in [-0.2, 0) is 30.5 Å². The predicted octanol–water partition coefficient (Wildman–Crippen LogP) is 10.6. The van der Waals surface area contributed by atoms with E-state index >= 15 is 13.2 Å². The van der Waals surface area contributed by atoms with Gasteiger partial charge in [0.1, 0.15) is 0 Å². The standard InChI is InChI=1S/C47H62F6N2O6.H2O2/c1-6-11-32(7-2)24-54(26-36(42(56)46(48,49)50)35-17-14-29(3)34-18-16-31(5)57-28-38(34)35)22-23-55(25-33-12-9-8-10-13-33)27-37-40-19-15-30(4)39-20-21-41-58-44(45(39,40)61-60-41)59-43(37)47(51,52)53;1-2/h6-13,29-31,34-35,38-41,44,56H,1-2,14-28H2,3-5H3;1-2H/b32-11+,42-36-;/t29-,30-,31+,34?,35+,38?,39?,40+,41-,44+,45-;/m1./s1. The Hall–Kier alpha value is -3.22. The Kier molecular flexibility index (Phi) is 16.4. The molecule has 3 N–H and O–H groups in total. The number of benzene rings is 1. The molecule has 63 heavy (non-hydrogen) atoms. The first-order valence-corrected chi connectivity index (χ1v) is 22.2. The zero-order valence-electron chi connectivity index (χ0n) is 36.5. The second-order valence-electron chi connectivity index (χ2n) is 18.4. The lowest BCUT2D eigenvalue weighted by Crippen LogP contribution is -2.66. The van der Waals surface area contributed by atoms with Crippen molar-refractivity contribution >= 4 is 0 Å². The number of halogens is 6. The van der Waals surface area contributed by atoms with Crippen LogP contribution in [-0.4, -0.2) is 101 Å². The molecule has 1 aromatic carbocycles. The van der Waals surface area contributed by atoms with Gasteiger partial charge in [-0.3, -0.25) is 20.3 Å². The van der Waals surface area contributed by atoms with Crippen molar-refractivity contribution in [1.29, 1.82) is 0 Å². The zero-order chi connectivity index (χ0) is 45.7. The number of aliphatic hydroxyl groups excluding tert-OH is 1. The maximum absolute atomic E-state index is 15.2. The molecule has 2 bridgehead atoms. The van der Waals surface area contributed by atoms with Gasteiger partial charge < -0.3 is 19.3 Å². The number of fused-ring (bicyclic) bond motifs is 3. The Balaban J connectivity index is 0.00000326. The fourth-order valence-electron chi connectivity index (χ4n) is 11.5. The summed E-state index contributed by atoms with van der Waals surface area (Å²) < 4.78 is 108. The Morgan fingerprint density at radius 1 is 0.841 bits per heavy atom. The minimum Gasteiger partial charge on any atom is -0.504 e. The lowest BCUT2D eigenvalue weighted by atomic mass is 9.59. The Morgan fingerprint density at radius 3 is 2.24 bits per heavy atom. The first kappa shape index (κ1) is 49.2. The summed E-state index contributed by atoms with van der Waals surface area (Å²) in [6, 6.07) is 9.37. The summed E-state index contributed by atoms with van der Waals surface area (Å²) in [6.07, 6.45) is -2.02. The third-order valence-electron chi connectivity index (χ3n) is 14.6. The van der Waals surface area contributed by atoms with E-state index in [2.05, 4.69) is 27.0 Å². The van der Waals surface area contributed by atoms with Gasteiger partial charge in [-0.15, -0.1) is 0 Å². The molecule has 4 saturated heterocycles. The fraction of sp³-hybridized carbons (Fsp3) is 0.660. The summed E-state index contributed by atoms with van der Waals surface area (Å²) in [5.74, 6) is -3.81. The molecule has 10 nitrogen and oxygen atoms in total. The third kappa shape index (κ3) is 10.9. The first-order valence-electron chi connectivity index (χ1n) is 22.2. The Bertz CT molecular complexity index is 1810. The monoisotopic (exact) mass is 898 g/mol. The number of alkyl halides is 6. The van der Waals surface area contributed by atoms with Crippen molar-refractivity contribution in [3.8, 4) is 0 Å². The van der Waals surface area contributed by atoms with Crippen LogP contribution in [0.15, 0.2) is 90.0 Å². The minimum atomic E-state index is -4.99. The quantitative estimate of drug-likeness (QED) is 0.0548. The summed E-state index contributed by atoms with van der Waals surface area (Å²) in [6.45, 7) is 14.6. The van der Waals surface area contributed by atoms with Crippen LogP contribution in [0.2, 0.25) is 0 Å². The van der Waals surface area contributed by atoms with E-state index in [0.29, 0.717) is 50.2 Å². The van der Waals surface area contributed by atoms with Crippen LogP contribution in [0.4, 0.5) is 26.3 Å². The first-order chi connectivity index (χ1) is 30.0. The minimum absolute atomic E-state index is 0.0199. The van der Waals surface area contributed by atoms with Crippen molar-refractivity contribution in [3.63, 3.8) is 0 Å². The van der Waals surface area contributed by atoms with Gasteiger partial charge in [-0.1, -0.05) is 75.6 Å². The van der Waals surface area contributed by atoms with Crippen LogP contribution in [0, 0.1) is 41.4 Å². The number of hydrogen-bond acceptors (Lipinski definition) is 10. The molecule has 0 amide bonds. The second kappa shape index (κ2) is 21.0.